The maximum atomic E-state index is 11.4. The van der Waals surface area contributed by atoms with Gasteiger partial charge in [-0.2, -0.15) is 0 Å². The Morgan fingerprint density at radius 1 is 1.04 bits per heavy atom. The van der Waals surface area contributed by atoms with Crippen LogP contribution in [0.2, 0.25) is 0 Å². The average Bonchev–Trinajstić information content (AvgIpc) is 2.59. The number of benzene rings is 2. The van der Waals surface area contributed by atoms with Crippen molar-refractivity contribution in [3.8, 4) is 11.5 Å². The van der Waals surface area contributed by atoms with E-state index in [0.717, 1.165) is 16.6 Å². The molecule has 0 aliphatic rings. The van der Waals surface area contributed by atoms with Crippen LogP contribution in [0.3, 0.4) is 0 Å². The second kappa shape index (κ2) is 7.79. The Bertz CT molecular complexity index is 864. The monoisotopic (exact) mass is 343 g/mol. The Hall–Kier alpha value is -2.59. The first-order valence-corrected chi connectivity index (χ1v) is 7.39. The van der Waals surface area contributed by atoms with E-state index in [1.165, 1.54) is 6.92 Å². The molecule has 1 aromatic heterocycles. The third-order valence-electron chi connectivity index (χ3n) is 3.67. The van der Waals surface area contributed by atoms with Gasteiger partial charge in [-0.05, 0) is 37.3 Å². The van der Waals surface area contributed by atoms with Gasteiger partial charge in [0, 0.05) is 23.1 Å². The minimum absolute atomic E-state index is 0. The number of Topliss-reactive ketones (excluding diaryl/α,β-unsaturated/α-hetero) is 1. The molecular weight excluding hydrogens is 326 g/mol. The molecule has 3 aromatic rings. The fourth-order valence-electron chi connectivity index (χ4n) is 2.41. The highest BCUT2D eigenvalue weighted by atomic mass is 35.5. The number of rotatable bonds is 5. The first-order valence-electron chi connectivity index (χ1n) is 7.39. The van der Waals surface area contributed by atoms with E-state index in [0.29, 0.717) is 23.7 Å². The van der Waals surface area contributed by atoms with E-state index < -0.39 is 0 Å². The number of aromatic nitrogens is 1. The zero-order valence-corrected chi connectivity index (χ0v) is 14.3. The average molecular weight is 344 g/mol. The predicted octanol–water partition coefficient (Wildman–Crippen LogP) is 0.448. The molecular formula is C19H18ClNO3. The number of ketones is 1. The number of methoxy groups -OCH3 is 1. The fourth-order valence-corrected chi connectivity index (χ4v) is 2.41. The van der Waals surface area contributed by atoms with Crippen molar-refractivity contribution in [2.75, 3.05) is 7.11 Å². The Morgan fingerprint density at radius 3 is 2.58 bits per heavy atom. The molecule has 0 bridgehead atoms. The smallest absolute Gasteiger partial charge is 0.218 e. The Morgan fingerprint density at radius 2 is 1.83 bits per heavy atom. The molecule has 1 N–H and O–H groups in total. The van der Waals surface area contributed by atoms with Gasteiger partial charge in [-0.3, -0.25) is 4.79 Å². The van der Waals surface area contributed by atoms with Crippen LogP contribution in [0.5, 0.6) is 11.5 Å². The lowest BCUT2D eigenvalue weighted by atomic mass is 10.1. The van der Waals surface area contributed by atoms with Crippen molar-refractivity contribution >= 4 is 16.7 Å². The quantitative estimate of drug-likeness (QED) is 0.632. The minimum atomic E-state index is -0.00212. The molecule has 0 aliphatic heterocycles. The molecule has 0 unspecified atom stereocenters. The Kier molecular flexibility index (Phi) is 5.77. The van der Waals surface area contributed by atoms with Gasteiger partial charge in [0.2, 0.25) is 11.2 Å². The van der Waals surface area contributed by atoms with E-state index in [1.54, 1.807) is 25.3 Å². The molecule has 0 fully saturated rings. The fraction of sp³-hybridized carbons (Fsp3) is 0.158. The standard InChI is InChI=1S/C19H17NO3.ClH/c1-13(21)15-8-10-18(19(11-15)22-2)23-12-16-9-7-14-5-3-4-6-17(14)20-16;/h3-11H,12H2,1-2H3;1H. The number of carbonyl (C=O) groups is 1. The van der Waals surface area contributed by atoms with Crippen LogP contribution in [0.1, 0.15) is 23.0 Å². The lowest BCUT2D eigenvalue weighted by molar-refractivity contribution is -0.362. The van der Waals surface area contributed by atoms with E-state index in [9.17, 15) is 4.79 Å². The molecule has 0 saturated carbocycles. The molecule has 0 atom stereocenters. The van der Waals surface area contributed by atoms with Crippen LogP contribution in [0, 0.1) is 0 Å². The summed E-state index contributed by atoms with van der Waals surface area (Å²) in [6, 6.07) is 17.3. The lowest BCUT2D eigenvalue weighted by Gasteiger charge is -2.10. The molecule has 3 rings (SSSR count). The highest BCUT2D eigenvalue weighted by molar-refractivity contribution is 5.94. The summed E-state index contributed by atoms with van der Waals surface area (Å²) in [7, 11) is 1.56. The normalized spacial score (nSPS) is 10.1. The van der Waals surface area contributed by atoms with Crippen LogP contribution in [0.15, 0.2) is 54.6 Å². The lowest BCUT2D eigenvalue weighted by Crippen LogP contribution is -3.00. The predicted molar refractivity (Wildman–Crippen MR) is 87.8 cm³/mol. The van der Waals surface area contributed by atoms with Gasteiger partial charge in [0.15, 0.2) is 23.9 Å². The summed E-state index contributed by atoms with van der Waals surface area (Å²) in [5.41, 5.74) is 2.63. The molecule has 0 spiro atoms. The second-order valence-electron chi connectivity index (χ2n) is 5.28. The number of hydrogen-bond donors (Lipinski definition) is 0. The number of carbonyl (C=O) groups excluding carboxylic acids is 1. The number of ether oxygens (including phenoxy) is 2. The first-order chi connectivity index (χ1) is 11.2. The Balaban J connectivity index is 0.00000208. The third kappa shape index (κ3) is 3.84. The molecule has 24 heavy (non-hydrogen) atoms. The molecule has 0 radical (unpaired) electrons. The molecule has 0 amide bonds. The molecule has 0 aliphatic carbocycles. The van der Waals surface area contributed by atoms with E-state index in [1.807, 2.05) is 24.3 Å². The van der Waals surface area contributed by atoms with E-state index >= 15 is 0 Å². The van der Waals surface area contributed by atoms with Gasteiger partial charge in [0.1, 0.15) is 0 Å². The number of pyridine rings is 1. The zero-order valence-electron chi connectivity index (χ0n) is 13.5. The summed E-state index contributed by atoms with van der Waals surface area (Å²) in [4.78, 5) is 14.8. The molecule has 4 nitrogen and oxygen atoms in total. The van der Waals surface area contributed by atoms with Gasteiger partial charge >= 0.3 is 0 Å². The summed E-state index contributed by atoms with van der Waals surface area (Å²) in [6.45, 7) is 1.92. The summed E-state index contributed by atoms with van der Waals surface area (Å²) in [5, 5.41) is 1.15. The maximum absolute atomic E-state index is 11.4. The zero-order chi connectivity index (χ0) is 16.2. The third-order valence-corrected chi connectivity index (χ3v) is 3.67. The first kappa shape index (κ1) is 17.8. The highest BCUT2D eigenvalue weighted by Gasteiger charge is 2.11. The van der Waals surface area contributed by atoms with E-state index in [-0.39, 0.29) is 18.2 Å². The van der Waals surface area contributed by atoms with Crippen molar-refractivity contribution in [3.05, 3.63) is 65.9 Å². The number of halogens is 1. The summed E-state index contributed by atoms with van der Waals surface area (Å²) >= 11 is 0. The van der Waals surface area contributed by atoms with E-state index in [2.05, 4.69) is 17.1 Å². The van der Waals surface area contributed by atoms with Crippen molar-refractivity contribution in [2.24, 2.45) is 0 Å². The molecule has 2 aromatic carbocycles. The Labute approximate surface area is 146 Å². The number of hydrogen-bond acceptors (Lipinski definition) is 3. The largest absolute Gasteiger partial charge is 1.00 e. The van der Waals surface area contributed by atoms with Crippen molar-refractivity contribution in [1.82, 2.24) is 0 Å². The van der Waals surface area contributed by atoms with Gasteiger partial charge in [-0.1, -0.05) is 12.1 Å². The second-order valence-corrected chi connectivity index (χ2v) is 5.28. The number of nitrogens with one attached hydrogen (secondary N) is 1. The molecule has 124 valence electrons. The van der Waals surface area contributed by atoms with E-state index in [4.69, 9.17) is 9.47 Å². The van der Waals surface area contributed by atoms with Crippen LogP contribution >= 0.6 is 0 Å². The number of aromatic amines is 1. The topological polar surface area (TPSA) is 49.7 Å². The van der Waals surface area contributed by atoms with Crippen LogP contribution in [-0.2, 0) is 6.61 Å². The minimum Gasteiger partial charge on any atom is -1.00 e. The van der Waals surface area contributed by atoms with Gasteiger partial charge in [-0.25, -0.2) is 4.98 Å². The van der Waals surface area contributed by atoms with Crippen LogP contribution < -0.4 is 26.9 Å². The van der Waals surface area contributed by atoms with Crippen LogP contribution in [0.25, 0.3) is 10.9 Å². The summed E-state index contributed by atoms with van der Waals surface area (Å²) in [5.74, 6) is 1.16. The van der Waals surface area contributed by atoms with Crippen molar-refractivity contribution in [1.29, 1.82) is 0 Å². The number of fused-ring (bicyclic) bond motifs is 1. The van der Waals surface area contributed by atoms with Gasteiger partial charge in [-0.15, -0.1) is 0 Å². The maximum Gasteiger partial charge on any atom is 0.218 e. The van der Waals surface area contributed by atoms with Crippen molar-refractivity contribution in [2.45, 2.75) is 13.5 Å². The SMILES string of the molecule is COc1cc(C(C)=O)ccc1OCc1ccc2ccccc2[nH+]1.[Cl-]. The molecule has 5 heteroatoms. The molecule has 1 heterocycles. The summed E-state index contributed by atoms with van der Waals surface area (Å²) < 4.78 is 11.1. The van der Waals surface area contributed by atoms with Gasteiger partial charge < -0.3 is 21.9 Å². The number of H-pyrrole nitrogens is 1. The van der Waals surface area contributed by atoms with Gasteiger partial charge in [0.25, 0.3) is 0 Å². The highest BCUT2D eigenvalue weighted by Crippen LogP contribution is 2.28. The van der Waals surface area contributed by atoms with Crippen molar-refractivity contribution < 1.29 is 31.7 Å². The van der Waals surface area contributed by atoms with Crippen molar-refractivity contribution in [3.63, 3.8) is 0 Å². The van der Waals surface area contributed by atoms with Gasteiger partial charge in [0.05, 0.1) is 7.11 Å². The number of para-hydroxylation sites is 1. The molecule has 0 saturated heterocycles. The van der Waals surface area contributed by atoms with Crippen LogP contribution in [-0.4, -0.2) is 12.9 Å². The van der Waals surface area contributed by atoms with Crippen LogP contribution in [0.4, 0.5) is 0 Å². The summed E-state index contributed by atoms with van der Waals surface area (Å²) in [6.07, 6.45) is 0.